The Balaban J connectivity index is 1.37. The van der Waals surface area contributed by atoms with Crippen LogP contribution in [0.1, 0.15) is 21.7 Å². The number of aromatic amines is 1. The molecule has 4 rings (SSSR count). The van der Waals surface area contributed by atoms with Crippen LogP contribution < -0.4 is 10.2 Å². The first-order chi connectivity index (χ1) is 12.0. The number of hydrogen-bond donors (Lipinski definition) is 2. The van der Waals surface area contributed by atoms with Crippen LogP contribution in [0, 0.1) is 30.1 Å². The minimum atomic E-state index is -0.220. The molecule has 3 heterocycles. The molecule has 2 aliphatic rings. The summed E-state index contributed by atoms with van der Waals surface area (Å²) in [6.45, 7) is 3.46. The number of rotatable bonds is 3. The third kappa shape index (κ3) is 2.74. The number of nitrogens with one attached hydrogen (secondary N) is 2. The lowest BCUT2D eigenvalue weighted by Crippen LogP contribution is -2.35. The molecule has 0 radical (unpaired) electrons. The van der Waals surface area contributed by atoms with Crippen molar-refractivity contribution < 1.29 is 4.79 Å². The molecule has 0 unspecified atom stereocenters. The molecule has 0 aromatic carbocycles. The highest BCUT2D eigenvalue weighted by Crippen LogP contribution is 2.46. The molecule has 0 bridgehead atoms. The maximum absolute atomic E-state index is 12.4. The first-order valence-electron chi connectivity index (χ1n) is 7.95. The number of hydrogen-bond acceptors (Lipinski definition) is 4. The van der Waals surface area contributed by atoms with Crippen molar-refractivity contribution in [1.82, 2.24) is 15.3 Å². The fraction of sp³-hybridized carbons (Fsp3) is 0.353. The molecule has 1 amide bonds. The lowest BCUT2D eigenvalue weighted by Gasteiger charge is -2.21. The number of amides is 1. The van der Waals surface area contributed by atoms with Gasteiger partial charge in [0.2, 0.25) is 0 Å². The second-order valence-corrected chi connectivity index (χ2v) is 7.26. The van der Waals surface area contributed by atoms with Gasteiger partial charge in [-0.25, -0.2) is 4.98 Å². The second kappa shape index (κ2) is 5.94. The first kappa shape index (κ1) is 16.2. The number of carbonyl (C=O) groups excluding carboxylic acids is 1. The maximum Gasteiger partial charge on any atom is 0.269 e. The van der Waals surface area contributed by atoms with Gasteiger partial charge in [-0.05, 0) is 19.1 Å². The Hall–Kier alpha value is -2.23. The van der Waals surface area contributed by atoms with E-state index < -0.39 is 0 Å². The molecule has 2 aromatic heterocycles. The molecular weight excluding hydrogens is 361 g/mol. The molecule has 1 aliphatic heterocycles. The van der Waals surface area contributed by atoms with Crippen LogP contribution in [0.3, 0.4) is 0 Å². The highest BCUT2D eigenvalue weighted by Gasteiger charge is 2.56. The first-order valence-corrected chi connectivity index (χ1v) is 8.70. The Labute approximate surface area is 154 Å². The van der Waals surface area contributed by atoms with E-state index in [2.05, 4.69) is 26.3 Å². The molecule has 1 saturated heterocycles. The predicted octanol–water partition coefficient (Wildman–Crippen LogP) is 2.76. The van der Waals surface area contributed by atoms with Gasteiger partial charge >= 0.3 is 0 Å². The van der Waals surface area contributed by atoms with E-state index >= 15 is 0 Å². The van der Waals surface area contributed by atoms with Crippen LogP contribution >= 0.6 is 23.2 Å². The third-order valence-electron chi connectivity index (χ3n) is 4.97. The van der Waals surface area contributed by atoms with Crippen LogP contribution in [-0.2, 0) is 0 Å². The van der Waals surface area contributed by atoms with Crippen molar-refractivity contribution in [3.05, 3.63) is 45.3 Å². The summed E-state index contributed by atoms with van der Waals surface area (Å²) in [5.41, 5.74) is 1.56. The molecule has 3 atom stereocenters. The number of nitriles is 1. The number of halogens is 2. The van der Waals surface area contributed by atoms with Gasteiger partial charge in [-0.3, -0.25) is 4.79 Å². The molecule has 2 N–H and O–H groups in total. The predicted molar refractivity (Wildman–Crippen MR) is 94.9 cm³/mol. The Bertz CT molecular complexity index is 874. The van der Waals surface area contributed by atoms with Gasteiger partial charge < -0.3 is 15.2 Å². The average molecular weight is 376 g/mol. The van der Waals surface area contributed by atoms with Crippen molar-refractivity contribution in [3.63, 3.8) is 0 Å². The molecule has 1 saturated carbocycles. The Morgan fingerprint density at radius 1 is 1.36 bits per heavy atom. The monoisotopic (exact) mass is 375 g/mol. The number of H-pyrrole nitrogens is 1. The molecular formula is C17H15Cl2N5O. The molecule has 0 spiro atoms. The summed E-state index contributed by atoms with van der Waals surface area (Å²) in [6.07, 6.45) is 1.58. The smallest absolute Gasteiger partial charge is 0.269 e. The van der Waals surface area contributed by atoms with E-state index in [1.807, 2.05) is 6.07 Å². The van der Waals surface area contributed by atoms with Gasteiger partial charge in [0.15, 0.2) is 0 Å². The Kier molecular flexibility index (Phi) is 3.86. The number of pyridine rings is 1. The molecule has 2 aromatic rings. The summed E-state index contributed by atoms with van der Waals surface area (Å²) in [4.78, 5) is 21.8. The number of aryl methyl sites for hydroxylation is 1. The SMILES string of the molecule is Cc1[nH]c(C(=O)N[C@H]2[C@@H]3CN(c4ccc(C#N)cn4)C[C@@H]32)c(Cl)c1Cl. The standard InChI is InChI=1S/C17H15Cl2N5O/c1-8-13(18)14(19)16(22-8)17(25)23-15-10-6-24(7-11(10)15)12-3-2-9(4-20)5-21-12/h2-3,5,10-11,15,22H,6-7H2,1H3,(H,23,25)/t10-,11+,15+. The number of piperidine rings is 1. The minimum Gasteiger partial charge on any atom is -0.356 e. The van der Waals surface area contributed by atoms with Crippen molar-refractivity contribution in [2.24, 2.45) is 11.8 Å². The van der Waals surface area contributed by atoms with E-state index in [4.69, 9.17) is 28.5 Å². The molecule has 128 valence electrons. The fourth-order valence-corrected chi connectivity index (χ4v) is 3.93. The van der Waals surface area contributed by atoms with E-state index in [1.54, 1.807) is 19.2 Å². The fourth-order valence-electron chi connectivity index (χ4n) is 3.52. The average Bonchev–Trinajstić information content (AvgIpc) is 2.95. The Morgan fingerprint density at radius 3 is 2.60 bits per heavy atom. The molecule has 2 fully saturated rings. The zero-order valence-corrected chi connectivity index (χ0v) is 14.9. The van der Waals surface area contributed by atoms with Crippen LogP contribution in [0.4, 0.5) is 5.82 Å². The second-order valence-electron chi connectivity index (χ2n) is 6.50. The highest BCUT2D eigenvalue weighted by atomic mass is 35.5. The van der Waals surface area contributed by atoms with Gasteiger partial charge in [-0.1, -0.05) is 23.2 Å². The number of carbonyl (C=O) groups is 1. The van der Waals surface area contributed by atoms with E-state index in [9.17, 15) is 4.79 Å². The Morgan fingerprint density at radius 2 is 2.08 bits per heavy atom. The van der Waals surface area contributed by atoms with Crippen molar-refractivity contribution in [2.75, 3.05) is 18.0 Å². The van der Waals surface area contributed by atoms with Gasteiger partial charge in [0.1, 0.15) is 17.6 Å². The molecule has 25 heavy (non-hydrogen) atoms. The minimum absolute atomic E-state index is 0.153. The quantitative estimate of drug-likeness (QED) is 0.863. The summed E-state index contributed by atoms with van der Waals surface area (Å²) >= 11 is 12.1. The van der Waals surface area contributed by atoms with Gasteiger partial charge in [-0.15, -0.1) is 0 Å². The normalized spacial score (nSPS) is 23.9. The van der Waals surface area contributed by atoms with E-state index in [0.717, 1.165) is 18.9 Å². The number of aromatic nitrogens is 2. The van der Waals surface area contributed by atoms with E-state index in [-0.39, 0.29) is 17.0 Å². The van der Waals surface area contributed by atoms with Gasteiger partial charge in [0, 0.05) is 42.9 Å². The summed E-state index contributed by atoms with van der Waals surface area (Å²) in [5.74, 6) is 1.46. The zero-order chi connectivity index (χ0) is 17.7. The summed E-state index contributed by atoms with van der Waals surface area (Å²) < 4.78 is 0. The van der Waals surface area contributed by atoms with Crippen molar-refractivity contribution in [3.8, 4) is 6.07 Å². The largest absolute Gasteiger partial charge is 0.356 e. The topological polar surface area (TPSA) is 84.8 Å². The van der Waals surface area contributed by atoms with Crippen LogP contribution in [0.2, 0.25) is 10.0 Å². The summed E-state index contributed by atoms with van der Waals surface area (Å²) in [7, 11) is 0. The summed E-state index contributed by atoms with van der Waals surface area (Å²) in [5, 5.41) is 12.5. The number of anilines is 1. The summed E-state index contributed by atoms with van der Waals surface area (Å²) in [6, 6.07) is 5.85. The maximum atomic E-state index is 12.4. The number of fused-ring (bicyclic) bond motifs is 1. The molecule has 1 aliphatic carbocycles. The molecule has 8 heteroatoms. The molecule has 6 nitrogen and oxygen atoms in total. The van der Waals surface area contributed by atoms with E-state index in [1.165, 1.54) is 0 Å². The van der Waals surface area contributed by atoms with Crippen molar-refractivity contribution in [2.45, 2.75) is 13.0 Å². The van der Waals surface area contributed by atoms with Crippen LogP contribution in [-0.4, -0.2) is 35.0 Å². The van der Waals surface area contributed by atoms with E-state index in [0.29, 0.717) is 33.8 Å². The lowest BCUT2D eigenvalue weighted by molar-refractivity contribution is 0.0942. The van der Waals surface area contributed by atoms with Gasteiger partial charge in [0.05, 0.1) is 15.6 Å². The highest BCUT2D eigenvalue weighted by molar-refractivity contribution is 6.44. The van der Waals surface area contributed by atoms with Crippen LogP contribution in [0.25, 0.3) is 0 Å². The van der Waals surface area contributed by atoms with Crippen molar-refractivity contribution >= 4 is 34.9 Å². The zero-order valence-electron chi connectivity index (χ0n) is 13.4. The third-order valence-corrected chi connectivity index (χ3v) is 5.92. The van der Waals surface area contributed by atoms with Gasteiger partial charge in [-0.2, -0.15) is 5.26 Å². The van der Waals surface area contributed by atoms with Crippen LogP contribution in [0.5, 0.6) is 0 Å². The van der Waals surface area contributed by atoms with Crippen LogP contribution in [0.15, 0.2) is 18.3 Å². The lowest BCUT2D eigenvalue weighted by atomic mass is 10.3. The van der Waals surface area contributed by atoms with Crippen molar-refractivity contribution in [1.29, 1.82) is 5.26 Å². The number of nitrogens with zero attached hydrogens (tertiary/aromatic N) is 3. The van der Waals surface area contributed by atoms with Gasteiger partial charge in [0.25, 0.3) is 5.91 Å².